The van der Waals surface area contributed by atoms with E-state index < -0.39 is 12.1 Å². The van der Waals surface area contributed by atoms with Gasteiger partial charge in [-0.05, 0) is 28.1 Å². The Morgan fingerprint density at radius 2 is 2.19 bits per heavy atom. The normalized spacial score (nSPS) is 12.0. The molecule has 0 radical (unpaired) electrons. The Bertz CT molecular complexity index is 370. The van der Waals surface area contributed by atoms with Crippen LogP contribution in [0.1, 0.15) is 0 Å². The van der Waals surface area contributed by atoms with Crippen LogP contribution in [-0.4, -0.2) is 37.9 Å². The first-order valence-electron chi connectivity index (χ1n) is 4.77. The van der Waals surface area contributed by atoms with Crippen molar-refractivity contribution >= 4 is 27.6 Å². The molecule has 88 valence electrons. The first kappa shape index (κ1) is 13.0. The fraction of sp³-hybridized carbons (Fsp3) is 0.364. The van der Waals surface area contributed by atoms with E-state index in [1.165, 1.54) is 7.11 Å². The lowest BCUT2D eigenvalue weighted by Crippen LogP contribution is -2.35. The average Bonchev–Trinajstić information content (AvgIpc) is 2.28. The van der Waals surface area contributed by atoms with Crippen molar-refractivity contribution < 1.29 is 14.6 Å². The second-order valence-corrected chi connectivity index (χ2v) is 4.23. The van der Waals surface area contributed by atoms with Gasteiger partial charge in [0.1, 0.15) is 0 Å². The fourth-order valence-corrected chi connectivity index (χ4v) is 1.92. The number of benzene rings is 1. The number of aliphatic hydroxyl groups is 1. The van der Waals surface area contributed by atoms with Crippen LogP contribution in [0.3, 0.4) is 0 Å². The number of carbonyl (C=O) groups is 1. The predicted molar refractivity (Wildman–Crippen MR) is 65.4 cm³/mol. The third-order valence-corrected chi connectivity index (χ3v) is 2.85. The molecule has 0 aliphatic heterocycles. The van der Waals surface area contributed by atoms with E-state index in [4.69, 9.17) is 0 Å². The summed E-state index contributed by atoms with van der Waals surface area (Å²) in [6, 6.07) is 7.59. The molecule has 0 saturated carbocycles. The third kappa shape index (κ3) is 3.21. The van der Waals surface area contributed by atoms with E-state index in [0.717, 1.165) is 10.2 Å². The molecule has 1 rings (SSSR count). The SMILES string of the molecule is COC(=O)[C@@H](O)CN(C)c1ccccc1Br. The van der Waals surface area contributed by atoms with E-state index in [1.807, 2.05) is 24.3 Å². The molecular weight excluding hydrogens is 274 g/mol. The number of esters is 1. The second kappa shape index (κ2) is 5.86. The summed E-state index contributed by atoms with van der Waals surface area (Å²) in [5.74, 6) is -0.626. The van der Waals surface area contributed by atoms with Crippen LogP contribution in [0.25, 0.3) is 0 Å². The molecule has 0 aliphatic carbocycles. The number of halogens is 1. The Labute approximate surface area is 103 Å². The van der Waals surface area contributed by atoms with Gasteiger partial charge in [-0.15, -0.1) is 0 Å². The van der Waals surface area contributed by atoms with Gasteiger partial charge in [0.15, 0.2) is 6.10 Å². The number of aliphatic hydroxyl groups excluding tert-OH is 1. The Morgan fingerprint density at radius 1 is 1.56 bits per heavy atom. The van der Waals surface area contributed by atoms with Crippen molar-refractivity contribution in [2.75, 3.05) is 25.6 Å². The summed E-state index contributed by atoms with van der Waals surface area (Å²) in [5.41, 5.74) is 0.908. The van der Waals surface area contributed by atoms with Gasteiger partial charge in [0.25, 0.3) is 0 Å². The lowest BCUT2D eigenvalue weighted by molar-refractivity contribution is -0.149. The number of methoxy groups -OCH3 is 1. The van der Waals surface area contributed by atoms with Crippen LogP contribution in [-0.2, 0) is 9.53 Å². The van der Waals surface area contributed by atoms with Crippen LogP contribution in [0.5, 0.6) is 0 Å². The Kier molecular flexibility index (Phi) is 4.76. The molecule has 5 heteroatoms. The summed E-state index contributed by atoms with van der Waals surface area (Å²) in [7, 11) is 3.05. The van der Waals surface area contributed by atoms with Crippen molar-refractivity contribution in [2.24, 2.45) is 0 Å². The predicted octanol–water partition coefficient (Wildman–Crippen LogP) is 1.42. The summed E-state index contributed by atoms with van der Waals surface area (Å²) in [6.07, 6.45) is -1.14. The standard InChI is InChI=1S/C11H14BrNO3/c1-13(7-10(14)11(15)16-2)9-6-4-3-5-8(9)12/h3-6,10,14H,7H2,1-2H3/t10-/m0/s1. The summed E-state index contributed by atoms with van der Waals surface area (Å²) in [4.78, 5) is 12.8. The van der Waals surface area contributed by atoms with Crippen molar-refractivity contribution in [2.45, 2.75) is 6.10 Å². The monoisotopic (exact) mass is 287 g/mol. The van der Waals surface area contributed by atoms with E-state index in [-0.39, 0.29) is 6.54 Å². The van der Waals surface area contributed by atoms with Crippen molar-refractivity contribution in [3.8, 4) is 0 Å². The molecule has 0 unspecified atom stereocenters. The van der Waals surface area contributed by atoms with Crippen LogP contribution in [0.15, 0.2) is 28.7 Å². The zero-order valence-electron chi connectivity index (χ0n) is 9.18. The molecule has 0 aliphatic rings. The summed E-state index contributed by atoms with van der Waals surface area (Å²) < 4.78 is 5.36. The lowest BCUT2D eigenvalue weighted by Gasteiger charge is -2.22. The van der Waals surface area contributed by atoms with Crippen LogP contribution in [0.2, 0.25) is 0 Å². The largest absolute Gasteiger partial charge is 0.467 e. The van der Waals surface area contributed by atoms with Crippen LogP contribution >= 0.6 is 15.9 Å². The minimum atomic E-state index is -1.14. The number of carbonyl (C=O) groups excluding carboxylic acids is 1. The molecule has 1 N–H and O–H groups in total. The Morgan fingerprint density at radius 3 is 2.75 bits per heavy atom. The van der Waals surface area contributed by atoms with Gasteiger partial charge in [0.05, 0.1) is 19.3 Å². The summed E-state index contributed by atoms with van der Waals surface area (Å²) in [6.45, 7) is 0.190. The molecule has 0 saturated heterocycles. The van der Waals surface area contributed by atoms with E-state index in [9.17, 15) is 9.90 Å². The highest BCUT2D eigenvalue weighted by molar-refractivity contribution is 9.10. The first-order valence-corrected chi connectivity index (χ1v) is 5.57. The van der Waals surface area contributed by atoms with Gasteiger partial charge in [0.2, 0.25) is 0 Å². The molecule has 0 bridgehead atoms. The number of nitrogens with zero attached hydrogens (tertiary/aromatic N) is 1. The van der Waals surface area contributed by atoms with Crippen molar-refractivity contribution in [3.63, 3.8) is 0 Å². The zero-order chi connectivity index (χ0) is 12.1. The number of hydrogen-bond donors (Lipinski definition) is 1. The smallest absolute Gasteiger partial charge is 0.336 e. The number of anilines is 1. The van der Waals surface area contributed by atoms with Crippen molar-refractivity contribution in [1.82, 2.24) is 0 Å². The fourth-order valence-electron chi connectivity index (χ4n) is 1.33. The lowest BCUT2D eigenvalue weighted by atomic mass is 10.2. The number of likely N-dealkylation sites (N-methyl/N-ethyl adjacent to an activating group) is 1. The highest BCUT2D eigenvalue weighted by Gasteiger charge is 2.18. The van der Waals surface area contributed by atoms with Gasteiger partial charge < -0.3 is 14.7 Å². The van der Waals surface area contributed by atoms with Crippen molar-refractivity contribution in [3.05, 3.63) is 28.7 Å². The number of ether oxygens (including phenoxy) is 1. The first-order chi connectivity index (χ1) is 7.56. The number of hydrogen-bond acceptors (Lipinski definition) is 4. The minimum Gasteiger partial charge on any atom is -0.467 e. The average molecular weight is 288 g/mol. The van der Waals surface area contributed by atoms with Crippen LogP contribution in [0, 0.1) is 0 Å². The minimum absolute atomic E-state index is 0.190. The van der Waals surface area contributed by atoms with Crippen molar-refractivity contribution in [1.29, 1.82) is 0 Å². The topological polar surface area (TPSA) is 49.8 Å². The van der Waals surface area contributed by atoms with E-state index >= 15 is 0 Å². The van der Waals surface area contributed by atoms with Gasteiger partial charge in [0, 0.05) is 11.5 Å². The highest BCUT2D eigenvalue weighted by atomic mass is 79.9. The molecular formula is C11H14BrNO3. The maximum Gasteiger partial charge on any atom is 0.336 e. The van der Waals surface area contributed by atoms with Gasteiger partial charge in [-0.1, -0.05) is 12.1 Å². The summed E-state index contributed by atoms with van der Waals surface area (Å²) in [5, 5.41) is 9.51. The van der Waals surface area contributed by atoms with E-state index in [0.29, 0.717) is 0 Å². The molecule has 0 amide bonds. The van der Waals surface area contributed by atoms with E-state index in [1.54, 1.807) is 11.9 Å². The molecule has 1 atom stereocenters. The van der Waals surface area contributed by atoms with E-state index in [2.05, 4.69) is 20.7 Å². The quantitative estimate of drug-likeness (QED) is 0.851. The zero-order valence-corrected chi connectivity index (χ0v) is 10.8. The Hall–Kier alpha value is -1.07. The number of rotatable bonds is 4. The van der Waals surface area contributed by atoms with Crippen LogP contribution < -0.4 is 4.90 Å². The third-order valence-electron chi connectivity index (χ3n) is 2.18. The number of para-hydroxylation sites is 1. The van der Waals surface area contributed by atoms with Gasteiger partial charge >= 0.3 is 5.97 Å². The highest BCUT2D eigenvalue weighted by Crippen LogP contribution is 2.24. The molecule has 0 fully saturated rings. The van der Waals surface area contributed by atoms with Crippen LogP contribution in [0.4, 0.5) is 5.69 Å². The molecule has 1 aromatic carbocycles. The van der Waals surface area contributed by atoms with Gasteiger partial charge in [-0.2, -0.15) is 0 Å². The van der Waals surface area contributed by atoms with Gasteiger partial charge in [-0.3, -0.25) is 0 Å². The molecule has 1 aromatic rings. The second-order valence-electron chi connectivity index (χ2n) is 3.37. The van der Waals surface area contributed by atoms with Gasteiger partial charge in [-0.25, -0.2) is 4.79 Å². The Balaban J connectivity index is 2.69. The molecule has 0 aromatic heterocycles. The summed E-state index contributed by atoms with van der Waals surface area (Å²) >= 11 is 3.40. The maximum absolute atomic E-state index is 11.1. The molecule has 16 heavy (non-hydrogen) atoms. The molecule has 0 spiro atoms. The molecule has 4 nitrogen and oxygen atoms in total. The maximum atomic E-state index is 11.1. The molecule has 0 heterocycles.